The van der Waals surface area contributed by atoms with Gasteiger partial charge in [0.15, 0.2) is 6.61 Å². The number of benzene rings is 1. The maximum Gasteiger partial charge on any atom is 0.257 e. The lowest BCUT2D eigenvalue weighted by Crippen LogP contribution is -2.33. The summed E-state index contributed by atoms with van der Waals surface area (Å²) in [5, 5.41) is 3.69. The Kier molecular flexibility index (Phi) is 9.00. The monoisotopic (exact) mass is 403 g/mol. The molecule has 0 bridgehead atoms. The van der Waals surface area contributed by atoms with E-state index in [4.69, 9.17) is 16.3 Å². The molecule has 1 atom stereocenters. The van der Waals surface area contributed by atoms with E-state index in [-0.39, 0.29) is 12.5 Å². The number of unbranched alkanes of at least 4 members (excludes halogenated alkanes) is 1. The van der Waals surface area contributed by atoms with Crippen LogP contribution in [0.3, 0.4) is 0 Å². The predicted molar refractivity (Wildman–Crippen MR) is 100 cm³/mol. The molecule has 1 aromatic carbocycles. The smallest absolute Gasteiger partial charge is 0.257 e. The van der Waals surface area contributed by atoms with Gasteiger partial charge in [-0.1, -0.05) is 44.7 Å². The van der Waals surface area contributed by atoms with Gasteiger partial charge in [0.1, 0.15) is 5.75 Å². The number of halogens is 2. The van der Waals surface area contributed by atoms with E-state index >= 15 is 0 Å². The lowest BCUT2D eigenvalue weighted by Gasteiger charge is -2.16. The minimum atomic E-state index is -0.0860. The molecule has 0 aliphatic rings. The Morgan fingerprint density at radius 3 is 2.70 bits per heavy atom. The van der Waals surface area contributed by atoms with E-state index in [9.17, 15) is 4.79 Å². The summed E-state index contributed by atoms with van der Waals surface area (Å²) in [5.74, 6) is 1.11. The Morgan fingerprint density at radius 2 is 2.09 bits per heavy atom. The molecule has 0 saturated heterocycles. The van der Waals surface area contributed by atoms with Crippen LogP contribution in [0.5, 0.6) is 5.75 Å². The van der Waals surface area contributed by atoms with E-state index in [2.05, 4.69) is 35.1 Å². The van der Waals surface area contributed by atoms with Crippen molar-refractivity contribution in [1.29, 1.82) is 0 Å². The first-order valence-electron chi connectivity index (χ1n) is 8.25. The van der Waals surface area contributed by atoms with Gasteiger partial charge in [-0.3, -0.25) is 4.79 Å². The third kappa shape index (κ3) is 6.34. The zero-order chi connectivity index (χ0) is 17.4. The van der Waals surface area contributed by atoms with Gasteiger partial charge in [0, 0.05) is 11.6 Å². The largest absolute Gasteiger partial charge is 0.483 e. The van der Waals surface area contributed by atoms with Crippen molar-refractivity contribution in [3.05, 3.63) is 26.7 Å². The van der Waals surface area contributed by atoms with E-state index in [0.717, 1.165) is 40.0 Å². The summed E-state index contributed by atoms with van der Waals surface area (Å²) in [6.07, 6.45) is 4.65. The van der Waals surface area contributed by atoms with Gasteiger partial charge in [0.2, 0.25) is 0 Å². The first kappa shape index (κ1) is 20.3. The minimum absolute atomic E-state index is 0.0172. The number of aryl methyl sites for hydroxylation is 1. The quantitative estimate of drug-likeness (QED) is 0.596. The lowest BCUT2D eigenvalue weighted by molar-refractivity contribution is -0.123. The van der Waals surface area contributed by atoms with E-state index in [1.54, 1.807) is 0 Å². The molecular weight excluding hydrogens is 378 g/mol. The summed E-state index contributed by atoms with van der Waals surface area (Å²) in [6, 6.07) is 1.85. The molecule has 1 rings (SSSR count). The molecule has 1 N–H and O–H groups in total. The summed E-state index contributed by atoms with van der Waals surface area (Å²) in [7, 11) is 0. The third-order valence-electron chi connectivity index (χ3n) is 4.06. The second-order valence-corrected chi connectivity index (χ2v) is 7.12. The van der Waals surface area contributed by atoms with Crippen LogP contribution in [-0.2, 0) is 4.79 Å². The second-order valence-electron chi connectivity index (χ2n) is 5.95. The molecule has 130 valence electrons. The normalized spacial score (nSPS) is 12.1. The predicted octanol–water partition coefficient (Wildman–Crippen LogP) is 5.43. The van der Waals surface area contributed by atoms with Crippen molar-refractivity contribution in [1.82, 2.24) is 5.32 Å². The van der Waals surface area contributed by atoms with E-state index < -0.39 is 0 Å². The van der Waals surface area contributed by atoms with Crippen LogP contribution in [0, 0.1) is 19.8 Å². The van der Waals surface area contributed by atoms with Crippen molar-refractivity contribution in [2.75, 3.05) is 13.2 Å². The molecule has 0 aromatic heterocycles. The zero-order valence-corrected chi connectivity index (χ0v) is 16.8. The molecule has 0 aliphatic carbocycles. The highest BCUT2D eigenvalue weighted by atomic mass is 79.9. The van der Waals surface area contributed by atoms with Crippen molar-refractivity contribution in [3.63, 3.8) is 0 Å². The van der Waals surface area contributed by atoms with Gasteiger partial charge in [-0.2, -0.15) is 0 Å². The number of hydrogen-bond donors (Lipinski definition) is 1. The van der Waals surface area contributed by atoms with Crippen LogP contribution >= 0.6 is 27.5 Å². The van der Waals surface area contributed by atoms with Gasteiger partial charge in [-0.05, 0) is 59.3 Å². The number of ether oxygens (including phenoxy) is 1. The summed E-state index contributed by atoms with van der Waals surface area (Å²) >= 11 is 9.67. The molecule has 0 spiro atoms. The van der Waals surface area contributed by atoms with Crippen LogP contribution in [-0.4, -0.2) is 19.1 Å². The molecule has 1 unspecified atom stereocenters. The first-order chi connectivity index (χ1) is 10.9. The standard InChI is InChI=1S/C18H27BrClNO2/c1-5-7-8-14(6-2)10-21-16(22)11-23-15-9-12(3)18(20)13(4)17(15)19/h9,14H,5-8,10-11H2,1-4H3,(H,21,22). The first-order valence-corrected chi connectivity index (χ1v) is 9.42. The molecule has 3 nitrogen and oxygen atoms in total. The summed E-state index contributed by atoms with van der Waals surface area (Å²) in [4.78, 5) is 12.0. The zero-order valence-electron chi connectivity index (χ0n) is 14.5. The Hall–Kier alpha value is -0.740. The van der Waals surface area contributed by atoms with Crippen molar-refractivity contribution >= 4 is 33.4 Å². The molecule has 0 saturated carbocycles. The molecule has 0 fully saturated rings. The van der Waals surface area contributed by atoms with Gasteiger partial charge in [-0.25, -0.2) is 0 Å². The number of nitrogens with one attached hydrogen (secondary N) is 1. The molecule has 0 radical (unpaired) electrons. The molecule has 5 heteroatoms. The summed E-state index contributed by atoms with van der Waals surface area (Å²) in [5.41, 5.74) is 1.86. The maximum atomic E-state index is 12.0. The topological polar surface area (TPSA) is 38.3 Å². The number of hydrogen-bond acceptors (Lipinski definition) is 2. The molecule has 0 aliphatic heterocycles. The number of rotatable bonds is 9. The van der Waals surface area contributed by atoms with E-state index in [1.165, 1.54) is 12.8 Å². The summed E-state index contributed by atoms with van der Waals surface area (Å²) in [6.45, 7) is 8.94. The fourth-order valence-corrected chi connectivity index (χ4v) is 3.09. The van der Waals surface area contributed by atoms with Crippen LogP contribution in [0.2, 0.25) is 5.02 Å². The molecule has 0 heterocycles. The SMILES string of the molecule is CCCCC(CC)CNC(=O)COc1cc(C)c(Cl)c(C)c1Br. The van der Waals surface area contributed by atoms with Crippen molar-refractivity contribution < 1.29 is 9.53 Å². The highest BCUT2D eigenvalue weighted by Crippen LogP contribution is 2.35. The molecule has 1 aromatic rings. The van der Waals surface area contributed by atoms with Crippen molar-refractivity contribution in [3.8, 4) is 5.75 Å². The Bertz CT molecular complexity index is 534. The number of amides is 1. The van der Waals surface area contributed by atoms with Crippen LogP contribution in [0.4, 0.5) is 0 Å². The lowest BCUT2D eigenvalue weighted by atomic mass is 9.99. The molecular formula is C18H27BrClNO2. The van der Waals surface area contributed by atoms with Gasteiger partial charge in [-0.15, -0.1) is 0 Å². The van der Waals surface area contributed by atoms with Gasteiger partial charge in [0.25, 0.3) is 5.91 Å². The van der Waals surface area contributed by atoms with Gasteiger partial charge < -0.3 is 10.1 Å². The fourth-order valence-electron chi connectivity index (χ4n) is 2.40. The minimum Gasteiger partial charge on any atom is -0.483 e. The van der Waals surface area contributed by atoms with Crippen LogP contribution in [0.25, 0.3) is 0 Å². The third-order valence-corrected chi connectivity index (χ3v) is 5.63. The Morgan fingerprint density at radius 1 is 1.39 bits per heavy atom. The average molecular weight is 405 g/mol. The van der Waals surface area contributed by atoms with Crippen LogP contribution < -0.4 is 10.1 Å². The number of carbonyl (C=O) groups is 1. The maximum absolute atomic E-state index is 12.0. The molecule has 1 amide bonds. The van der Waals surface area contributed by atoms with Crippen LogP contribution in [0.1, 0.15) is 50.7 Å². The Balaban J connectivity index is 2.51. The Labute approximate surface area is 153 Å². The highest BCUT2D eigenvalue weighted by molar-refractivity contribution is 9.10. The highest BCUT2D eigenvalue weighted by Gasteiger charge is 2.13. The van der Waals surface area contributed by atoms with Crippen molar-refractivity contribution in [2.45, 2.75) is 53.4 Å². The summed E-state index contributed by atoms with van der Waals surface area (Å²) < 4.78 is 6.45. The average Bonchev–Trinajstić information content (AvgIpc) is 2.55. The van der Waals surface area contributed by atoms with Crippen molar-refractivity contribution in [2.24, 2.45) is 5.92 Å². The fraction of sp³-hybridized carbons (Fsp3) is 0.611. The second kappa shape index (κ2) is 10.2. The van der Waals surface area contributed by atoms with E-state index in [0.29, 0.717) is 11.7 Å². The van der Waals surface area contributed by atoms with Gasteiger partial charge >= 0.3 is 0 Å². The molecule has 23 heavy (non-hydrogen) atoms. The van der Waals surface area contributed by atoms with E-state index in [1.807, 2.05) is 19.9 Å². The number of carbonyl (C=O) groups excluding carboxylic acids is 1. The van der Waals surface area contributed by atoms with Gasteiger partial charge in [0.05, 0.1) is 4.47 Å². The van der Waals surface area contributed by atoms with Crippen LogP contribution in [0.15, 0.2) is 10.5 Å².